The Kier molecular flexibility index (Phi) is 8.76. The Morgan fingerprint density at radius 3 is 2.59 bits per heavy atom. The minimum Gasteiger partial charge on any atom is -0.494 e. The molecule has 2 aromatic heterocycles. The summed E-state index contributed by atoms with van der Waals surface area (Å²) in [5.41, 5.74) is 3.84. The maximum atomic E-state index is 12.4. The smallest absolute Gasteiger partial charge is 0.341 e. The molecule has 3 heterocycles. The number of aromatic nitrogens is 4. The molecule has 1 aliphatic heterocycles. The second-order valence-corrected chi connectivity index (χ2v) is 10.5. The zero-order chi connectivity index (χ0) is 31.4. The van der Waals surface area contributed by atoms with Crippen LogP contribution in [-0.2, 0) is 11.8 Å². The number of aromatic carboxylic acids is 1. The molecule has 0 unspecified atom stereocenters. The highest BCUT2D eigenvalue weighted by atomic mass is 16.5. The molecule has 13 nitrogen and oxygen atoms in total. The van der Waals surface area contributed by atoms with Gasteiger partial charge < -0.3 is 35.6 Å². The monoisotopic (exact) mass is 597 g/mol. The number of carbonyl (C=O) groups is 2. The van der Waals surface area contributed by atoms with Gasteiger partial charge in [0, 0.05) is 55.9 Å². The topological polar surface area (TPSA) is 150 Å². The van der Waals surface area contributed by atoms with Gasteiger partial charge >= 0.3 is 5.97 Å². The number of aryl methyl sites for hydroxylation is 1. The number of anilines is 6. The van der Waals surface area contributed by atoms with E-state index in [9.17, 15) is 14.7 Å². The van der Waals surface area contributed by atoms with Crippen LogP contribution >= 0.6 is 0 Å². The van der Waals surface area contributed by atoms with E-state index >= 15 is 0 Å². The Morgan fingerprint density at radius 1 is 1.14 bits per heavy atom. The molecule has 4 aromatic rings. The number of likely N-dealkylation sites (N-methyl/N-ethyl adjacent to an activating group) is 1. The molecule has 0 spiro atoms. The van der Waals surface area contributed by atoms with Crippen LogP contribution in [0.1, 0.15) is 16.8 Å². The number of carboxylic acid groups (broad SMARTS) is 1. The molecule has 1 amide bonds. The number of carbonyl (C=O) groups excluding carboxylic acids is 1. The average molecular weight is 598 g/mol. The van der Waals surface area contributed by atoms with Gasteiger partial charge in [0.1, 0.15) is 11.3 Å². The van der Waals surface area contributed by atoms with Gasteiger partial charge in [0.05, 0.1) is 29.9 Å². The molecule has 0 saturated carbocycles. The van der Waals surface area contributed by atoms with Crippen LogP contribution in [0, 0.1) is 0 Å². The Hall–Kier alpha value is -5.43. The third-order valence-corrected chi connectivity index (χ3v) is 7.43. The van der Waals surface area contributed by atoms with Crippen molar-refractivity contribution in [3.63, 3.8) is 0 Å². The summed E-state index contributed by atoms with van der Waals surface area (Å²) in [6.07, 6.45) is 5.25. The third kappa shape index (κ3) is 6.47. The van der Waals surface area contributed by atoms with Gasteiger partial charge in [-0.2, -0.15) is 10.1 Å². The largest absolute Gasteiger partial charge is 0.494 e. The number of benzene rings is 2. The number of para-hydroxylation sites is 1. The number of methoxy groups -OCH3 is 1. The maximum Gasteiger partial charge on any atom is 0.341 e. The van der Waals surface area contributed by atoms with Gasteiger partial charge in [-0.1, -0.05) is 24.8 Å². The minimum absolute atomic E-state index is 0.0842. The van der Waals surface area contributed by atoms with Gasteiger partial charge in [0.25, 0.3) is 0 Å². The van der Waals surface area contributed by atoms with Crippen molar-refractivity contribution in [2.75, 3.05) is 55.1 Å². The fraction of sp³-hybridized carbons (Fsp3) is 0.258. The standard InChI is InChI=1S/C31H35N9O4/c1-6-28(41)33-24-15-25(27(44-5)16-26(24)40-14-11-19(18-40)38(2)3)35-31-32-17-21(30(42)43)29(36-31)34-22-10-8-7-9-20(22)23-12-13-39(4)37-23/h6-10,12-13,15-17,19H,1,11,14,18H2,2-5H3,(H,33,41)(H,42,43)(H2,32,34,35,36)/t19-/m1/s1. The van der Waals surface area contributed by atoms with Crippen LogP contribution in [0.2, 0.25) is 0 Å². The molecule has 1 fully saturated rings. The predicted octanol–water partition coefficient (Wildman–Crippen LogP) is 4.34. The lowest BCUT2D eigenvalue weighted by Gasteiger charge is -2.25. The molecule has 44 heavy (non-hydrogen) atoms. The second-order valence-electron chi connectivity index (χ2n) is 10.5. The third-order valence-electron chi connectivity index (χ3n) is 7.43. The summed E-state index contributed by atoms with van der Waals surface area (Å²) < 4.78 is 7.42. The average Bonchev–Trinajstić information content (AvgIpc) is 3.67. The molecule has 0 radical (unpaired) electrons. The van der Waals surface area contributed by atoms with E-state index in [1.54, 1.807) is 17.9 Å². The van der Waals surface area contributed by atoms with Crippen LogP contribution in [0.4, 0.5) is 34.5 Å². The van der Waals surface area contributed by atoms with Crippen molar-refractivity contribution < 1.29 is 19.4 Å². The lowest BCUT2D eigenvalue weighted by Crippen LogP contribution is -2.31. The van der Waals surface area contributed by atoms with Crippen molar-refractivity contribution in [2.45, 2.75) is 12.5 Å². The summed E-state index contributed by atoms with van der Waals surface area (Å²) in [5.74, 6) is -0.848. The number of rotatable bonds is 11. The van der Waals surface area contributed by atoms with E-state index in [4.69, 9.17) is 4.74 Å². The fourth-order valence-electron chi connectivity index (χ4n) is 5.08. The van der Waals surface area contributed by atoms with Gasteiger partial charge in [0.2, 0.25) is 11.9 Å². The normalized spacial score (nSPS) is 14.4. The minimum atomic E-state index is -1.19. The SMILES string of the molecule is C=CC(=O)Nc1cc(Nc2ncc(C(=O)O)c(Nc3ccccc3-c3ccn(C)n3)n2)c(OC)cc1N1CC[C@@H](N(C)C)C1. The van der Waals surface area contributed by atoms with Crippen LogP contribution in [0.25, 0.3) is 11.3 Å². The molecule has 2 aromatic carbocycles. The zero-order valence-corrected chi connectivity index (χ0v) is 25.0. The van der Waals surface area contributed by atoms with E-state index in [-0.39, 0.29) is 23.2 Å². The van der Waals surface area contributed by atoms with E-state index in [1.807, 2.05) is 49.6 Å². The highest BCUT2D eigenvalue weighted by Gasteiger charge is 2.27. The number of hydrogen-bond donors (Lipinski definition) is 4. The molecule has 1 aliphatic rings. The van der Waals surface area contributed by atoms with Crippen LogP contribution in [-0.4, -0.2) is 82.0 Å². The second kappa shape index (κ2) is 12.8. The first-order chi connectivity index (χ1) is 21.2. The lowest BCUT2D eigenvalue weighted by molar-refractivity contribution is -0.111. The molecule has 0 aliphatic carbocycles. The zero-order valence-electron chi connectivity index (χ0n) is 25.0. The Morgan fingerprint density at radius 2 is 1.93 bits per heavy atom. The van der Waals surface area contributed by atoms with Crippen molar-refractivity contribution in [2.24, 2.45) is 7.05 Å². The Labute approximate surface area is 255 Å². The van der Waals surface area contributed by atoms with Gasteiger partial charge in [-0.05, 0) is 44.8 Å². The molecule has 228 valence electrons. The van der Waals surface area contributed by atoms with Crippen LogP contribution in [0.15, 0.2) is 67.5 Å². The molecule has 4 N–H and O–H groups in total. The number of amides is 1. The van der Waals surface area contributed by atoms with Gasteiger partial charge in [-0.25, -0.2) is 9.78 Å². The van der Waals surface area contributed by atoms with Crippen LogP contribution in [0.3, 0.4) is 0 Å². The Bertz CT molecular complexity index is 1700. The van der Waals surface area contributed by atoms with E-state index < -0.39 is 5.97 Å². The molecule has 13 heteroatoms. The first kappa shape index (κ1) is 30.0. The first-order valence-electron chi connectivity index (χ1n) is 14.0. The summed E-state index contributed by atoms with van der Waals surface area (Å²) in [4.78, 5) is 37.7. The first-order valence-corrected chi connectivity index (χ1v) is 14.0. The van der Waals surface area contributed by atoms with E-state index in [1.165, 1.54) is 12.3 Å². The van der Waals surface area contributed by atoms with E-state index in [0.717, 1.165) is 30.8 Å². The van der Waals surface area contributed by atoms with Crippen molar-refractivity contribution in [3.8, 4) is 17.0 Å². The summed E-state index contributed by atoms with van der Waals surface area (Å²) in [7, 11) is 7.48. The van der Waals surface area contributed by atoms with Crippen molar-refractivity contribution in [1.82, 2.24) is 24.6 Å². The van der Waals surface area contributed by atoms with Crippen molar-refractivity contribution >= 4 is 46.4 Å². The van der Waals surface area contributed by atoms with Crippen LogP contribution in [0.5, 0.6) is 5.75 Å². The van der Waals surface area contributed by atoms with Gasteiger partial charge in [-0.15, -0.1) is 0 Å². The van der Waals surface area contributed by atoms with Crippen molar-refractivity contribution in [3.05, 3.63) is 73.1 Å². The summed E-state index contributed by atoms with van der Waals surface area (Å²) in [6, 6.07) is 13.3. The maximum absolute atomic E-state index is 12.4. The van der Waals surface area contributed by atoms with E-state index in [2.05, 4.69) is 61.5 Å². The number of hydrogen-bond acceptors (Lipinski definition) is 10. The molecule has 1 atom stereocenters. The molecular weight excluding hydrogens is 562 g/mol. The number of nitrogens with one attached hydrogen (secondary N) is 3. The van der Waals surface area contributed by atoms with Crippen molar-refractivity contribution in [1.29, 1.82) is 0 Å². The van der Waals surface area contributed by atoms with Crippen LogP contribution < -0.4 is 25.6 Å². The highest BCUT2D eigenvalue weighted by molar-refractivity contribution is 6.02. The number of carboxylic acids is 1. The quantitative estimate of drug-likeness (QED) is 0.183. The number of nitrogens with zero attached hydrogens (tertiary/aromatic N) is 6. The molecular formula is C31H35N9O4. The molecule has 1 saturated heterocycles. The van der Waals surface area contributed by atoms with Gasteiger partial charge in [0.15, 0.2) is 5.82 Å². The Balaban J connectivity index is 1.50. The number of ether oxygens (including phenoxy) is 1. The predicted molar refractivity (Wildman–Crippen MR) is 170 cm³/mol. The van der Waals surface area contributed by atoms with E-state index in [0.29, 0.717) is 34.5 Å². The summed E-state index contributed by atoms with van der Waals surface area (Å²) >= 11 is 0. The summed E-state index contributed by atoms with van der Waals surface area (Å²) in [5, 5.41) is 23.6. The fourth-order valence-corrected chi connectivity index (χ4v) is 5.08. The highest BCUT2D eigenvalue weighted by Crippen LogP contribution is 2.40. The molecule has 5 rings (SSSR count). The summed E-state index contributed by atoms with van der Waals surface area (Å²) in [6.45, 7) is 5.18. The lowest BCUT2D eigenvalue weighted by atomic mass is 10.1. The van der Waals surface area contributed by atoms with Gasteiger partial charge in [-0.3, -0.25) is 9.48 Å². The molecule has 0 bridgehead atoms.